The Bertz CT molecular complexity index is 402. The molecule has 4 heteroatoms. The van der Waals surface area contributed by atoms with E-state index in [-0.39, 0.29) is 5.41 Å². The molecule has 2 rings (SSSR count). The van der Waals surface area contributed by atoms with E-state index in [1.807, 2.05) is 18.2 Å². The van der Waals surface area contributed by atoms with Crippen LogP contribution >= 0.6 is 0 Å². The highest BCUT2D eigenvalue weighted by Gasteiger charge is 2.45. The van der Waals surface area contributed by atoms with Crippen molar-refractivity contribution in [3.63, 3.8) is 0 Å². The number of hydrogen-bond donors (Lipinski definition) is 1. The lowest BCUT2D eigenvalue weighted by Gasteiger charge is -2.25. The molecule has 4 nitrogen and oxygen atoms in total. The van der Waals surface area contributed by atoms with Crippen LogP contribution in [0.3, 0.4) is 0 Å². The van der Waals surface area contributed by atoms with Gasteiger partial charge in [0.25, 0.3) is 0 Å². The van der Waals surface area contributed by atoms with Crippen LogP contribution in [-0.4, -0.2) is 34.0 Å². The zero-order chi connectivity index (χ0) is 13.0. The van der Waals surface area contributed by atoms with Crippen molar-refractivity contribution in [1.29, 1.82) is 0 Å². The van der Waals surface area contributed by atoms with Crippen LogP contribution in [0.25, 0.3) is 0 Å². The number of aromatic nitrogens is 1. The first kappa shape index (κ1) is 13.0. The minimum atomic E-state index is -0.679. The van der Waals surface area contributed by atoms with E-state index in [1.165, 1.54) is 0 Å². The van der Waals surface area contributed by atoms with Crippen LogP contribution in [0, 0.1) is 5.41 Å². The molecule has 1 aromatic heterocycles. The summed E-state index contributed by atoms with van der Waals surface area (Å²) >= 11 is 0. The van der Waals surface area contributed by atoms with Crippen molar-refractivity contribution in [3.05, 3.63) is 30.1 Å². The molecule has 1 aromatic rings. The third-order valence-electron chi connectivity index (χ3n) is 3.60. The van der Waals surface area contributed by atoms with Crippen LogP contribution < -0.4 is 0 Å². The molecule has 0 aromatic carbocycles. The molecule has 0 saturated heterocycles. The topological polar surface area (TPSA) is 53.4 Å². The van der Waals surface area contributed by atoms with E-state index < -0.39 is 5.97 Å². The van der Waals surface area contributed by atoms with Gasteiger partial charge in [-0.1, -0.05) is 13.0 Å². The molecular weight excluding hydrogens is 228 g/mol. The molecule has 0 bridgehead atoms. The Kier molecular flexibility index (Phi) is 3.97. The maximum atomic E-state index is 10.9. The molecule has 0 aliphatic heterocycles. The molecule has 98 valence electrons. The number of aliphatic carboxylic acids is 1. The maximum Gasteiger partial charge on any atom is 0.303 e. The zero-order valence-electron chi connectivity index (χ0n) is 10.8. The monoisotopic (exact) mass is 248 g/mol. The molecule has 0 radical (unpaired) electrons. The Hall–Kier alpha value is -1.42. The van der Waals surface area contributed by atoms with E-state index >= 15 is 0 Å². The van der Waals surface area contributed by atoms with Crippen molar-refractivity contribution < 1.29 is 9.90 Å². The Morgan fingerprint density at radius 3 is 2.78 bits per heavy atom. The third-order valence-corrected chi connectivity index (χ3v) is 3.60. The fourth-order valence-electron chi connectivity index (χ4n) is 2.36. The van der Waals surface area contributed by atoms with Crippen LogP contribution in [0.5, 0.6) is 0 Å². The SMILES string of the molecule is CCN(Cc1ccccn1)CC1(CC(=O)O)CC1. The first-order valence-corrected chi connectivity index (χ1v) is 6.48. The van der Waals surface area contributed by atoms with Gasteiger partial charge in [-0.25, -0.2) is 0 Å². The van der Waals surface area contributed by atoms with Crippen molar-refractivity contribution >= 4 is 5.97 Å². The first-order valence-electron chi connectivity index (χ1n) is 6.48. The van der Waals surface area contributed by atoms with Crippen LogP contribution in [0.15, 0.2) is 24.4 Å². The number of carboxylic acid groups (broad SMARTS) is 1. The number of pyridine rings is 1. The summed E-state index contributed by atoms with van der Waals surface area (Å²) in [6, 6.07) is 5.91. The summed E-state index contributed by atoms with van der Waals surface area (Å²) in [5.41, 5.74) is 1.07. The van der Waals surface area contributed by atoms with E-state index in [2.05, 4.69) is 16.8 Å². The summed E-state index contributed by atoms with van der Waals surface area (Å²) in [6.07, 6.45) is 4.18. The second kappa shape index (κ2) is 5.48. The summed E-state index contributed by atoms with van der Waals surface area (Å²) in [7, 11) is 0. The van der Waals surface area contributed by atoms with Crippen LogP contribution in [0.1, 0.15) is 31.9 Å². The molecule has 1 N–H and O–H groups in total. The zero-order valence-corrected chi connectivity index (χ0v) is 10.8. The van der Waals surface area contributed by atoms with Gasteiger partial charge >= 0.3 is 5.97 Å². The van der Waals surface area contributed by atoms with E-state index in [4.69, 9.17) is 5.11 Å². The average molecular weight is 248 g/mol. The average Bonchev–Trinajstić information content (AvgIpc) is 3.08. The molecule has 1 heterocycles. The van der Waals surface area contributed by atoms with Gasteiger partial charge in [-0.15, -0.1) is 0 Å². The maximum absolute atomic E-state index is 10.9. The van der Waals surface area contributed by atoms with Crippen molar-refractivity contribution in [2.24, 2.45) is 5.41 Å². The fourth-order valence-corrected chi connectivity index (χ4v) is 2.36. The summed E-state index contributed by atoms with van der Waals surface area (Å²) in [4.78, 5) is 17.5. The van der Waals surface area contributed by atoms with Crippen LogP contribution in [0.2, 0.25) is 0 Å². The van der Waals surface area contributed by atoms with E-state index in [9.17, 15) is 4.79 Å². The molecule has 18 heavy (non-hydrogen) atoms. The fraction of sp³-hybridized carbons (Fsp3) is 0.571. The summed E-state index contributed by atoms with van der Waals surface area (Å²) in [5, 5.41) is 8.93. The minimum absolute atomic E-state index is 0.0244. The van der Waals surface area contributed by atoms with Gasteiger partial charge in [0.05, 0.1) is 12.1 Å². The second-order valence-electron chi connectivity index (χ2n) is 5.19. The largest absolute Gasteiger partial charge is 0.481 e. The van der Waals surface area contributed by atoms with Gasteiger partial charge in [-0.05, 0) is 36.9 Å². The molecule has 1 saturated carbocycles. The molecule has 1 fully saturated rings. The van der Waals surface area contributed by atoms with Crippen molar-refractivity contribution in [1.82, 2.24) is 9.88 Å². The van der Waals surface area contributed by atoms with E-state index in [0.29, 0.717) is 6.42 Å². The van der Waals surface area contributed by atoms with Gasteiger partial charge in [0.1, 0.15) is 0 Å². The molecule has 0 atom stereocenters. The quantitative estimate of drug-likeness (QED) is 0.803. The smallest absolute Gasteiger partial charge is 0.303 e. The number of nitrogens with zero attached hydrogens (tertiary/aromatic N) is 2. The highest BCUT2D eigenvalue weighted by atomic mass is 16.4. The Labute approximate surface area is 108 Å². The van der Waals surface area contributed by atoms with Crippen LogP contribution in [0.4, 0.5) is 0 Å². The highest BCUT2D eigenvalue weighted by Crippen LogP contribution is 2.49. The number of rotatable bonds is 7. The second-order valence-corrected chi connectivity index (χ2v) is 5.19. The molecule has 1 aliphatic rings. The van der Waals surface area contributed by atoms with Gasteiger partial charge in [0.15, 0.2) is 0 Å². The summed E-state index contributed by atoms with van der Waals surface area (Å²) in [5.74, 6) is -0.679. The third kappa shape index (κ3) is 3.53. The molecule has 0 spiro atoms. The van der Waals surface area contributed by atoms with Crippen molar-refractivity contribution in [3.8, 4) is 0 Å². The lowest BCUT2D eigenvalue weighted by molar-refractivity contribution is -0.138. The molecular formula is C14H20N2O2. The number of carbonyl (C=O) groups is 1. The normalized spacial score (nSPS) is 16.8. The van der Waals surface area contributed by atoms with Gasteiger partial charge in [0.2, 0.25) is 0 Å². The van der Waals surface area contributed by atoms with E-state index in [0.717, 1.165) is 38.2 Å². The Balaban J connectivity index is 1.92. The summed E-state index contributed by atoms with van der Waals surface area (Å²) < 4.78 is 0. The standard InChI is InChI=1S/C14H20N2O2/c1-2-16(10-12-5-3-4-8-15-12)11-14(6-7-14)9-13(17)18/h3-5,8H,2,6-7,9-11H2,1H3,(H,17,18). The Morgan fingerprint density at radius 2 is 2.28 bits per heavy atom. The predicted molar refractivity (Wildman–Crippen MR) is 69.1 cm³/mol. The van der Waals surface area contributed by atoms with Gasteiger partial charge in [0, 0.05) is 19.3 Å². The highest BCUT2D eigenvalue weighted by molar-refractivity contribution is 5.68. The number of carboxylic acids is 1. The molecule has 0 amide bonds. The number of hydrogen-bond acceptors (Lipinski definition) is 3. The molecule has 1 aliphatic carbocycles. The predicted octanol–water partition coefficient (Wildman–Crippen LogP) is 2.16. The lowest BCUT2D eigenvalue weighted by atomic mass is 10.0. The Morgan fingerprint density at radius 1 is 1.50 bits per heavy atom. The first-order chi connectivity index (χ1) is 8.63. The lowest BCUT2D eigenvalue weighted by Crippen LogP contribution is -2.31. The summed E-state index contributed by atoms with van der Waals surface area (Å²) in [6.45, 7) is 4.71. The molecule has 0 unspecified atom stereocenters. The van der Waals surface area contributed by atoms with Gasteiger partial charge in [-0.2, -0.15) is 0 Å². The van der Waals surface area contributed by atoms with E-state index in [1.54, 1.807) is 6.20 Å². The van der Waals surface area contributed by atoms with Crippen molar-refractivity contribution in [2.75, 3.05) is 13.1 Å². The van der Waals surface area contributed by atoms with Crippen LogP contribution in [-0.2, 0) is 11.3 Å². The van der Waals surface area contributed by atoms with Crippen molar-refractivity contribution in [2.45, 2.75) is 32.7 Å². The minimum Gasteiger partial charge on any atom is -0.481 e. The van der Waals surface area contributed by atoms with Gasteiger partial charge < -0.3 is 5.11 Å². The van der Waals surface area contributed by atoms with Gasteiger partial charge in [-0.3, -0.25) is 14.7 Å².